The first-order valence-corrected chi connectivity index (χ1v) is 8.53. The number of hydrogen-bond donors (Lipinski definition) is 2. The van der Waals surface area contributed by atoms with Gasteiger partial charge < -0.3 is 29.7 Å². The molecule has 4 atom stereocenters. The van der Waals surface area contributed by atoms with Crippen LogP contribution < -0.4 is 11.4 Å². The lowest BCUT2D eigenvalue weighted by atomic mass is 10.1. The number of ether oxygens (including phenoxy) is 4. The third-order valence-electron chi connectivity index (χ3n) is 4.07. The molecule has 3 N–H and O–H groups in total. The van der Waals surface area contributed by atoms with Gasteiger partial charge >= 0.3 is 23.6 Å². The molecule has 0 radical (unpaired) electrons. The summed E-state index contributed by atoms with van der Waals surface area (Å²) in [6.45, 7) is 3.21. The van der Waals surface area contributed by atoms with Gasteiger partial charge in [0.15, 0.2) is 24.1 Å². The molecule has 0 aromatic carbocycles. The Morgan fingerprint density at radius 3 is 2.45 bits per heavy atom. The van der Waals surface area contributed by atoms with Crippen LogP contribution in [0, 0.1) is 0 Å². The molecule has 3 heterocycles. The number of esters is 3. The summed E-state index contributed by atoms with van der Waals surface area (Å²) >= 11 is 0. The topological polar surface area (TPSA) is 178 Å². The second-order valence-corrected chi connectivity index (χ2v) is 6.28. The first-order valence-electron chi connectivity index (χ1n) is 8.53. The van der Waals surface area contributed by atoms with E-state index in [0.29, 0.717) is 0 Å². The normalized spacial score (nSPS) is 23.7. The molecule has 0 amide bonds. The maximum Gasteiger partial charge on any atom is 0.330 e. The molecule has 0 spiro atoms. The fourth-order valence-electron chi connectivity index (χ4n) is 3.07. The molecule has 2 aromatic heterocycles. The number of nitrogens with one attached hydrogen (secondary N) is 1. The number of anilines is 1. The van der Waals surface area contributed by atoms with Crippen LogP contribution in [0.15, 0.2) is 11.0 Å². The van der Waals surface area contributed by atoms with E-state index in [1.807, 2.05) is 0 Å². The molecule has 0 bridgehead atoms. The number of nitrogens with two attached hydrogens (primary N) is 1. The van der Waals surface area contributed by atoms with Gasteiger partial charge in [-0.2, -0.15) is 4.98 Å². The summed E-state index contributed by atoms with van der Waals surface area (Å²) < 4.78 is 22.4. The molecule has 1 aliphatic rings. The van der Waals surface area contributed by atoms with Crippen molar-refractivity contribution in [2.45, 2.75) is 45.3 Å². The molecule has 13 nitrogen and oxygen atoms in total. The molecular weight excluding hydrogens is 390 g/mol. The predicted octanol–water partition coefficient (Wildman–Crippen LogP) is -0.974. The van der Waals surface area contributed by atoms with E-state index in [-0.39, 0.29) is 23.7 Å². The molecule has 156 valence electrons. The van der Waals surface area contributed by atoms with Crippen molar-refractivity contribution in [1.29, 1.82) is 0 Å². The molecule has 1 fully saturated rings. The first-order chi connectivity index (χ1) is 13.7. The van der Waals surface area contributed by atoms with E-state index in [9.17, 15) is 19.2 Å². The van der Waals surface area contributed by atoms with E-state index < -0.39 is 48.1 Å². The van der Waals surface area contributed by atoms with Gasteiger partial charge in [-0.25, -0.2) is 14.3 Å². The van der Waals surface area contributed by atoms with Crippen molar-refractivity contribution in [3.63, 3.8) is 0 Å². The second kappa shape index (κ2) is 7.87. The quantitative estimate of drug-likeness (QED) is 0.458. The molecule has 0 aliphatic carbocycles. The third kappa shape index (κ3) is 4.18. The summed E-state index contributed by atoms with van der Waals surface area (Å²) in [5.41, 5.74) is 5.33. The Bertz CT molecular complexity index is 1010. The summed E-state index contributed by atoms with van der Waals surface area (Å²) in [6, 6.07) is 0. The zero-order valence-electron chi connectivity index (χ0n) is 15.8. The minimum absolute atomic E-state index is 0.0966. The van der Waals surface area contributed by atoms with E-state index in [1.54, 1.807) is 0 Å². The van der Waals surface area contributed by atoms with E-state index in [4.69, 9.17) is 24.7 Å². The van der Waals surface area contributed by atoms with Crippen LogP contribution in [-0.4, -0.2) is 62.3 Å². The van der Waals surface area contributed by atoms with Gasteiger partial charge in [0.2, 0.25) is 5.95 Å². The number of carbonyl (C=O) groups is 3. The maximum absolute atomic E-state index is 12.6. The summed E-state index contributed by atoms with van der Waals surface area (Å²) in [4.78, 5) is 57.4. The Labute approximate surface area is 163 Å². The highest BCUT2D eigenvalue weighted by atomic mass is 16.7. The minimum Gasteiger partial charge on any atom is -0.463 e. The number of carbonyl (C=O) groups excluding carboxylic acids is 3. The van der Waals surface area contributed by atoms with Crippen molar-refractivity contribution in [2.75, 3.05) is 12.3 Å². The van der Waals surface area contributed by atoms with Gasteiger partial charge in [-0.3, -0.25) is 14.4 Å². The molecule has 0 saturated carbocycles. The van der Waals surface area contributed by atoms with Gasteiger partial charge in [0.1, 0.15) is 18.2 Å². The summed E-state index contributed by atoms with van der Waals surface area (Å²) in [7, 11) is 0. The van der Waals surface area contributed by atoms with Gasteiger partial charge in [-0.15, -0.1) is 0 Å². The van der Waals surface area contributed by atoms with Crippen LogP contribution in [0.25, 0.3) is 11.2 Å². The Balaban J connectivity index is 2.08. The van der Waals surface area contributed by atoms with Crippen molar-refractivity contribution in [1.82, 2.24) is 19.5 Å². The smallest absolute Gasteiger partial charge is 0.330 e. The van der Waals surface area contributed by atoms with E-state index in [2.05, 4.69) is 15.0 Å². The van der Waals surface area contributed by atoms with Crippen molar-refractivity contribution >= 4 is 35.0 Å². The second-order valence-electron chi connectivity index (χ2n) is 6.28. The standard InChI is InChI=1S/C16H19N5O8/c1-6(22)26-5-10-11(27-7(2)23)12(28-8(3)24)14(29-10)21-13-9(19-16(21)25)4-18-15(17)20-13/h4,10-12,14H,5H2,1-3H3,(H,19,25)(H2,17,18,20)/t10-,11+,12-,14-/m1/s1. The lowest BCUT2D eigenvalue weighted by molar-refractivity contribution is -0.166. The largest absolute Gasteiger partial charge is 0.463 e. The number of aromatic amines is 1. The van der Waals surface area contributed by atoms with Crippen LogP contribution in [0.4, 0.5) is 5.95 Å². The van der Waals surface area contributed by atoms with Crippen LogP contribution in [0.2, 0.25) is 0 Å². The zero-order chi connectivity index (χ0) is 21.3. The minimum atomic E-state index is -1.24. The van der Waals surface area contributed by atoms with Gasteiger partial charge in [0.25, 0.3) is 0 Å². The highest BCUT2D eigenvalue weighted by Crippen LogP contribution is 2.35. The number of hydrogen-bond acceptors (Lipinski definition) is 11. The lowest BCUT2D eigenvalue weighted by Crippen LogP contribution is -2.41. The van der Waals surface area contributed by atoms with Crippen LogP contribution in [-0.2, 0) is 33.3 Å². The summed E-state index contributed by atoms with van der Waals surface area (Å²) in [5.74, 6) is -2.06. The summed E-state index contributed by atoms with van der Waals surface area (Å²) in [6.07, 6.45) is -3.29. The van der Waals surface area contributed by atoms with Crippen molar-refractivity contribution < 1.29 is 33.3 Å². The Morgan fingerprint density at radius 2 is 1.83 bits per heavy atom. The van der Waals surface area contributed by atoms with Crippen LogP contribution >= 0.6 is 0 Å². The number of aromatic nitrogens is 4. The Kier molecular flexibility index (Phi) is 5.50. The lowest BCUT2D eigenvalue weighted by Gasteiger charge is -2.23. The molecule has 13 heteroatoms. The fourth-order valence-corrected chi connectivity index (χ4v) is 3.07. The molecule has 2 aromatic rings. The number of fused-ring (bicyclic) bond motifs is 1. The first kappa shape index (κ1) is 20.3. The van der Waals surface area contributed by atoms with Gasteiger partial charge in [-0.05, 0) is 0 Å². The molecule has 3 rings (SSSR count). The SMILES string of the molecule is CC(=O)OC[C@H]1O[C@@H](n2c(=O)[nH]c3cnc(N)nc32)[C@H](OC(C)=O)[C@H]1OC(C)=O. The highest BCUT2D eigenvalue weighted by molar-refractivity contribution is 5.71. The van der Waals surface area contributed by atoms with Crippen LogP contribution in [0.5, 0.6) is 0 Å². The van der Waals surface area contributed by atoms with E-state index >= 15 is 0 Å². The van der Waals surface area contributed by atoms with Gasteiger partial charge in [-0.1, -0.05) is 0 Å². The van der Waals surface area contributed by atoms with E-state index in [0.717, 1.165) is 18.4 Å². The number of imidazole rings is 1. The van der Waals surface area contributed by atoms with Crippen molar-refractivity contribution in [2.24, 2.45) is 0 Å². The maximum atomic E-state index is 12.6. The fraction of sp³-hybridized carbons (Fsp3) is 0.500. The highest BCUT2D eigenvalue weighted by Gasteiger charge is 2.51. The molecule has 1 aliphatic heterocycles. The average Bonchev–Trinajstić information content (AvgIpc) is 3.09. The van der Waals surface area contributed by atoms with Gasteiger partial charge in [0, 0.05) is 20.8 Å². The molecule has 29 heavy (non-hydrogen) atoms. The number of rotatable bonds is 5. The Morgan fingerprint density at radius 1 is 1.17 bits per heavy atom. The van der Waals surface area contributed by atoms with Crippen LogP contribution in [0.1, 0.15) is 27.0 Å². The third-order valence-corrected chi connectivity index (χ3v) is 4.07. The molecule has 0 unspecified atom stereocenters. The average molecular weight is 409 g/mol. The molecular formula is C16H19N5O8. The van der Waals surface area contributed by atoms with Crippen molar-refractivity contribution in [3.05, 3.63) is 16.7 Å². The number of nitrogen functional groups attached to an aromatic ring is 1. The summed E-state index contributed by atoms with van der Waals surface area (Å²) in [5, 5.41) is 0. The van der Waals surface area contributed by atoms with Crippen LogP contribution in [0.3, 0.4) is 0 Å². The predicted molar refractivity (Wildman–Crippen MR) is 94.2 cm³/mol. The van der Waals surface area contributed by atoms with E-state index in [1.165, 1.54) is 13.1 Å². The number of H-pyrrole nitrogens is 1. The monoisotopic (exact) mass is 409 g/mol. The van der Waals surface area contributed by atoms with Gasteiger partial charge in [0.05, 0.1) is 6.20 Å². The zero-order valence-corrected chi connectivity index (χ0v) is 15.8. The Hall–Kier alpha value is -3.48. The molecule has 1 saturated heterocycles. The number of nitrogens with zero attached hydrogens (tertiary/aromatic N) is 3. The van der Waals surface area contributed by atoms with Crippen molar-refractivity contribution in [3.8, 4) is 0 Å².